The molecule has 0 aliphatic carbocycles. The zero-order chi connectivity index (χ0) is 19.8. The molecule has 150 valence electrons. The average Bonchev–Trinajstić information content (AvgIpc) is 2.68. The number of carbonyl (C=O) groups excluding carboxylic acids is 1. The van der Waals surface area contributed by atoms with Crippen molar-refractivity contribution in [3.63, 3.8) is 0 Å². The molecule has 0 aliphatic rings. The number of hydrogen-bond donors (Lipinski definition) is 0. The van der Waals surface area contributed by atoms with Gasteiger partial charge in [-0.3, -0.25) is 0 Å². The van der Waals surface area contributed by atoms with Crippen LogP contribution in [0.25, 0.3) is 0 Å². The zero-order valence-electron chi connectivity index (χ0n) is 17.2. The van der Waals surface area contributed by atoms with Crippen LogP contribution in [-0.4, -0.2) is 12.6 Å². The van der Waals surface area contributed by atoms with Crippen molar-refractivity contribution in [2.24, 2.45) is 0 Å². The predicted octanol–water partition coefficient (Wildman–Crippen LogP) is 7.42. The maximum atomic E-state index is 11.2. The van der Waals surface area contributed by atoms with Gasteiger partial charge in [-0.2, -0.15) is 0 Å². The highest BCUT2D eigenvalue weighted by Crippen LogP contribution is 2.10. The van der Waals surface area contributed by atoms with Crippen LogP contribution in [-0.2, 0) is 9.53 Å². The van der Waals surface area contributed by atoms with E-state index in [0.29, 0.717) is 0 Å². The predicted molar refractivity (Wildman–Crippen MR) is 119 cm³/mol. The first-order valence-electron chi connectivity index (χ1n) is 10.4. The third-order valence-corrected chi connectivity index (χ3v) is 3.96. The van der Waals surface area contributed by atoms with Crippen molar-refractivity contribution in [2.45, 2.75) is 71.1 Å². The van der Waals surface area contributed by atoms with Crippen LogP contribution in [0.15, 0.2) is 73.4 Å². The van der Waals surface area contributed by atoms with Crippen LogP contribution >= 0.6 is 0 Å². The molecule has 0 amide bonds. The molecule has 0 saturated heterocycles. The van der Waals surface area contributed by atoms with Crippen LogP contribution in [0.1, 0.15) is 71.1 Å². The molecule has 0 spiro atoms. The van der Waals surface area contributed by atoms with E-state index in [1.54, 1.807) is 18.2 Å². The van der Waals surface area contributed by atoms with E-state index >= 15 is 0 Å². The Bertz CT molecular complexity index is 492. The van der Waals surface area contributed by atoms with Gasteiger partial charge in [0.25, 0.3) is 0 Å². The molecule has 0 bridgehead atoms. The quantitative estimate of drug-likeness (QED) is 0.0875. The van der Waals surface area contributed by atoms with Crippen LogP contribution in [0.4, 0.5) is 0 Å². The summed E-state index contributed by atoms with van der Waals surface area (Å²) in [7, 11) is 0. The van der Waals surface area contributed by atoms with E-state index in [-0.39, 0.29) is 12.6 Å². The van der Waals surface area contributed by atoms with Crippen LogP contribution in [0.3, 0.4) is 0 Å². The molecule has 0 unspecified atom stereocenters. The van der Waals surface area contributed by atoms with E-state index in [1.165, 1.54) is 63.9 Å². The molecule has 0 atom stereocenters. The summed E-state index contributed by atoms with van der Waals surface area (Å²) < 4.78 is 4.81. The largest absolute Gasteiger partial charge is 0.458 e. The fraction of sp³-hybridized carbons (Fsp3) is 0.480. The minimum absolute atomic E-state index is 0.240. The molecule has 0 heterocycles. The average molecular weight is 371 g/mol. The Morgan fingerprint density at radius 3 is 1.85 bits per heavy atom. The van der Waals surface area contributed by atoms with E-state index in [4.69, 9.17) is 4.74 Å². The van der Waals surface area contributed by atoms with Gasteiger partial charge in [-0.1, -0.05) is 126 Å². The van der Waals surface area contributed by atoms with Crippen molar-refractivity contribution in [3.8, 4) is 0 Å². The second-order valence-electron chi connectivity index (χ2n) is 6.48. The molecule has 2 nitrogen and oxygen atoms in total. The molecule has 0 fully saturated rings. The van der Waals surface area contributed by atoms with Gasteiger partial charge in [0.1, 0.15) is 6.61 Å². The highest BCUT2D eigenvalue weighted by molar-refractivity contribution is 5.82. The molecule has 27 heavy (non-hydrogen) atoms. The number of hydrogen-bond acceptors (Lipinski definition) is 2. The van der Waals surface area contributed by atoms with Crippen molar-refractivity contribution in [1.29, 1.82) is 0 Å². The molecular weight excluding hydrogens is 332 g/mol. The van der Waals surface area contributed by atoms with E-state index in [0.717, 1.165) is 6.42 Å². The molecular formula is C25H38O2. The van der Waals surface area contributed by atoms with Gasteiger partial charge in [-0.05, 0) is 12.8 Å². The maximum absolute atomic E-state index is 11.2. The van der Waals surface area contributed by atoms with E-state index in [1.807, 2.05) is 30.4 Å². The SMILES string of the molecule is C=CCOC(=O)/C=C/C=C/C=C/C=C/C=C/CCCCCCCCCCC. The van der Waals surface area contributed by atoms with Crippen molar-refractivity contribution in [1.82, 2.24) is 0 Å². The number of allylic oxidation sites excluding steroid dienone is 9. The molecule has 0 radical (unpaired) electrons. The summed E-state index contributed by atoms with van der Waals surface area (Å²) in [4.78, 5) is 11.2. The fourth-order valence-electron chi connectivity index (χ4n) is 2.46. The van der Waals surface area contributed by atoms with Crippen molar-refractivity contribution in [2.75, 3.05) is 6.61 Å². The lowest BCUT2D eigenvalue weighted by Crippen LogP contribution is -1.99. The minimum atomic E-state index is -0.361. The lowest BCUT2D eigenvalue weighted by atomic mass is 10.1. The second-order valence-corrected chi connectivity index (χ2v) is 6.48. The van der Waals surface area contributed by atoms with Gasteiger partial charge in [0.15, 0.2) is 0 Å². The van der Waals surface area contributed by atoms with Crippen molar-refractivity contribution < 1.29 is 9.53 Å². The normalized spacial score (nSPS) is 12.3. The molecule has 2 heteroatoms. The Morgan fingerprint density at radius 1 is 0.741 bits per heavy atom. The first-order chi connectivity index (χ1) is 13.3. The summed E-state index contributed by atoms with van der Waals surface area (Å²) in [5, 5.41) is 0. The number of carbonyl (C=O) groups is 1. The third kappa shape index (κ3) is 21.9. The van der Waals surface area contributed by atoms with Gasteiger partial charge in [-0.25, -0.2) is 4.79 Å². The molecule has 0 aromatic rings. The topological polar surface area (TPSA) is 26.3 Å². The molecule has 0 aromatic carbocycles. The van der Waals surface area contributed by atoms with Crippen LogP contribution in [0.5, 0.6) is 0 Å². The highest BCUT2D eigenvalue weighted by atomic mass is 16.5. The van der Waals surface area contributed by atoms with Crippen LogP contribution < -0.4 is 0 Å². The van der Waals surface area contributed by atoms with Crippen molar-refractivity contribution in [3.05, 3.63) is 73.4 Å². The second kappa shape index (κ2) is 22.0. The van der Waals surface area contributed by atoms with Gasteiger partial charge in [0.05, 0.1) is 0 Å². The Balaban J connectivity index is 3.55. The minimum Gasteiger partial charge on any atom is -0.458 e. The summed E-state index contributed by atoms with van der Waals surface area (Å²) in [6, 6.07) is 0. The standard InChI is InChI=1S/C25H38O2/c1-3-5-6-7-8-9-10-11-12-13-14-15-16-17-18-19-20-21-22-23-25(26)27-24-4-2/h4,14-23H,2-3,5-13,24H2,1H3/b15-14+,17-16+,19-18+,21-20+,23-22+. The van der Waals surface area contributed by atoms with E-state index in [2.05, 4.69) is 25.7 Å². The first kappa shape index (κ1) is 24.9. The fourth-order valence-corrected chi connectivity index (χ4v) is 2.46. The summed E-state index contributed by atoms with van der Waals surface area (Å²) in [6.07, 6.45) is 34.1. The maximum Gasteiger partial charge on any atom is 0.331 e. The van der Waals surface area contributed by atoms with E-state index < -0.39 is 0 Å². The summed E-state index contributed by atoms with van der Waals surface area (Å²) in [5.74, 6) is -0.361. The molecule has 0 saturated carbocycles. The van der Waals surface area contributed by atoms with Gasteiger partial charge < -0.3 is 4.74 Å². The Labute approximate surface area is 167 Å². The lowest BCUT2D eigenvalue weighted by molar-refractivity contribution is -0.136. The van der Waals surface area contributed by atoms with Crippen LogP contribution in [0.2, 0.25) is 0 Å². The Hall–Kier alpha value is -2.09. The lowest BCUT2D eigenvalue weighted by Gasteiger charge is -2.00. The van der Waals surface area contributed by atoms with Gasteiger partial charge in [0, 0.05) is 6.08 Å². The number of rotatable bonds is 17. The summed E-state index contributed by atoms with van der Waals surface area (Å²) in [6.45, 7) is 5.99. The molecule has 0 rings (SSSR count). The summed E-state index contributed by atoms with van der Waals surface area (Å²) in [5.41, 5.74) is 0. The van der Waals surface area contributed by atoms with Gasteiger partial charge in [0.2, 0.25) is 0 Å². The number of esters is 1. The van der Waals surface area contributed by atoms with Gasteiger partial charge in [-0.15, -0.1) is 0 Å². The Morgan fingerprint density at radius 2 is 1.26 bits per heavy atom. The number of unbranched alkanes of at least 4 members (excludes halogenated alkanes) is 9. The van der Waals surface area contributed by atoms with Gasteiger partial charge >= 0.3 is 5.97 Å². The first-order valence-corrected chi connectivity index (χ1v) is 10.4. The Kier molecular flexibility index (Phi) is 20.3. The zero-order valence-corrected chi connectivity index (χ0v) is 17.2. The van der Waals surface area contributed by atoms with E-state index in [9.17, 15) is 4.79 Å². The smallest absolute Gasteiger partial charge is 0.331 e. The van der Waals surface area contributed by atoms with Crippen molar-refractivity contribution >= 4 is 5.97 Å². The molecule has 0 aromatic heterocycles. The highest BCUT2D eigenvalue weighted by Gasteiger charge is 1.91. The third-order valence-electron chi connectivity index (χ3n) is 3.96. The molecule has 0 aliphatic heterocycles. The monoisotopic (exact) mass is 370 g/mol. The molecule has 0 N–H and O–H groups in total. The number of ether oxygens (including phenoxy) is 1. The summed E-state index contributed by atoms with van der Waals surface area (Å²) >= 11 is 0. The van der Waals surface area contributed by atoms with Crippen LogP contribution in [0, 0.1) is 0 Å².